The normalized spacial score (nSPS) is 30.4. The number of hydrogen-bond acceptors (Lipinski definition) is 6. The number of benzene rings is 1. The molecular weight excluding hydrogens is 462 g/mol. The summed E-state index contributed by atoms with van der Waals surface area (Å²) in [5, 5.41) is 15.2. The van der Waals surface area contributed by atoms with Crippen molar-refractivity contribution in [3.05, 3.63) is 24.3 Å². The van der Waals surface area contributed by atoms with Crippen LogP contribution in [0.3, 0.4) is 0 Å². The van der Waals surface area contributed by atoms with E-state index in [2.05, 4.69) is 17.6 Å². The Kier molecular flexibility index (Phi) is 7.90. The van der Waals surface area contributed by atoms with E-state index in [0.717, 1.165) is 12.8 Å². The predicted molar refractivity (Wildman–Crippen MR) is 134 cm³/mol. The van der Waals surface area contributed by atoms with Crippen molar-refractivity contribution in [3.8, 4) is 5.75 Å². The van der Waals surface area contributed by atoms with Crippen LogP contribution in [0.1, 0.15) is 59.3 Å². The minimum atomic E-state index is -1.03. The number of fused-ring (bicyclic) bond motifs is 1. The molecule has 3 amide bonds. The minimum Gasteiger partial charge on any atom is -0.494 e. The Morgan fingerprint density at radius 3 is 2.56 bits per heavy atom. The van der Waals surface area contributed by atoms with Crippen LogP contribution in [0, 0.1) is 11.8 Å². The molecule has 2 unspecified atom stereocenters. The second kappa shape index (κ2) is 10.8. The Bertz CT molecular complexity index is 969. The Labute approximate surface area is 212 Å². The van der Waals surface area contributed by atoms with E-state index in [1.807, 2.05) is 13.8 Å². The van der Waals surface area contributed by atoms with E-state index >= 15 is 0 Å². The fourth-order valence-corrected chi connectivity index (χ4v) is 6.27. The number of carbonyl (C=O) groups excluding carboxylic acids is 3. The first-order chi connectivity index (χ1) is 17.3. The van der Waals surface area contributed by atoms with E-state index in [0.29, 0.717) is 56.8 Å². The van der Waals surface area contributed by atoms with Crippen molar-refractivity contribution in [2.24, 2.45) is 11.8 Å². The molecule has 0 saturated carbocycles. The number of likely N-dealkylation sites (tertiary alicyclic amines) is 1. The van der Waals surface area contributed by atoms with Crippen molar-refractivity contribution < 1.29 is 29.0 Å². The van der Waals surface area contributed by atoms with Gasteiger partial charge in [0.05, 0.1) is 24.0 Å². The zero-order chi connectivity index (χ0) is 25.9. The third-order valence-corrected chi connectivity index (χ3v) is 7.88. The van der Waals surface area contributed by atoms with Gasteiger partial charge in [-0.3, -0.25) is 14.4 Å². The summed E-state index contributed by atoms with van der Waals surface area (Å²) in [6, 6.07) is 6.35. The van der Waals surface area contributed by atoms with Crippen LogP contribution < -0.4 is 15.4 Å². The molecule has 3 saturated heterocycles. The van der Waals surface area contributed by atoms with Gasteiger partial charge in [-0.05, 0) is 70.2 Å². The van der Waals surface area contributed by atoms with Crippen molar-refractivity contribution >= 4 is 23.4 Å². The number of nitrogens with zero attached hydrogens (tertiary/aromatic N) is 1. The van der Waals surface area contributed by atoms with Crippen LogP contribution in [0.5, 0.6) is 5.75 Å². The number of aliphatic hydroxyl groups excluding tert-OH is 1. The minimum absolute atomic E-state index is 0.0195. The molecule has 3 heterocycles. The van der Waals surface area contributed by atoms with Crippen molar-refractivity contribution in [2.45, 2.75) is 76.5 Å². The summed E-state index contributed by atoms with van der Waals surface area (Å²) in [4.78, 5) is 42.5. The first-order valence-electron chi connectivity index (χ1n) is 13.2. The number of aliphatic hydroxyl groups is 1. The maximum absolute atomic E-state index is 13.8. The number of amides is 3. The molecule has 0 radical (unpaired) electrons. The van der Waals surface area contributed by atoms with Gasteiger partial charge < -0.3 is 30.1 Å². The molecule has 4 rings (SSSR count). The highest BCUT2D eigenvalue weighted by Gasteiger charge is 2.77. The van der Waals surface area contributed by atoms with Gasteiger partial charge in [-0.15, -0.1) is 0 Å². The van der Waals surface area contributed by atoms with Crippen LogP contribution in [0.2, 0.25) is 0 Å². The number of hydrogen-bond donors (Lipinski definition) is 3. The molecule has 3 fully saturated rings. The van der Waals surface area contributed by atoms with Gasteiger partial charge in [0, 0.05) is 25.4 Å². The number of unbranched alkanes of at least 4 members (excludes halogenated alkanes) is 2. The van der Waals surface area contributed by atoms with E-state index in [9.17, 15) is 19.5 Å². The monoisotopic (exact) mass is 501 g/mol. The molecule has 2 bridgehead atoms. The van der Waals surface area contributed by atoms with Gasteiger partial charge in [-0.2, -0.15) is 0 Å². The molecule has 3 aliphatic rings. The summed E-state index contributed by atoms with van der Waals surface area (Å²) in [6.45, 7) is 7.30. The molecule has 36 heavy (non-hydrogen) atoms. The maximum Gasteiger partial charge on any atom is 0.245 e. The first kappa shape index (κ1) is 26.4. The molecule has 9 heteroatoms. The molecule has 1 aromatic rings. The highest BCUT2D eigenvalue weighted by Crippen LogP contribution is 2.63. The fourth-order valence-electron chi connectivity index (χ4n) is 6.27. The number of nitrogens with one attached hydrogen (secondary N) is 2. The summed E-state index contributed by atoms with van der Waals surface area (Å²) in [6.07, 6.45) is 4.05. The second-order valence-electron chi connectivity index (χ2n) is 10.3. The third-order valence-electron chi connectivity index (χ3n) is 7.88. The van der Waals surface area contributed by atoms with E-state index in [4.69, 9.17) is 9.47 Å². The average Bonchev–Trinajstić information content (AvgIpc) is 3.41. The molecule has 5 atom stereocenters. The van der Waals surface area contributed by atoms with Crippen LogP contribution in [-0.2, 0) is 19.1 Å². The number of rotatable bonds is 12. The fraction of sp³-hybridized carbons (Fsp3) is 0.667. The topological polar surface area (TPSA) is 117 Å². The standard InChI is InChI=1S/C27H39N3O6/c1-4-6-15-28-24(33)22-27-14-13-26(3,36-27)20(21(27)25(34)30(22)16-7-8-17-31)23(32)29-18-9-11-19(12-10-18)35-5-2/h9-12,20-22,31H,4-8,13-17H2,1-3H3,(H,28,33)(H,29,32)/t20-,21+,22?,26+,27?/m1/s1. The van der Waals surface area contributed by atoms with Crippen LogP contribution in [-0.4, -0.2) is 71.3 Å². The largest absolute Gasteiger partial charge is 0.494 e. The zero-order valence-electron chi connectivity index (χ0n) is 21.5. The number of carbonyl (C=O) groups is 3. The molecule has 0 aromatic heterocycles. The summed E-state index contributed by atoms with van der Waals surface area (Å²) >= 11 is 0. The van der Waals surface area contributed by atoms with Crippen molar-refractivity contribution in [3.63, 3.8) is 0 Å². The molecule has 9 nitrogen and oxygen atoms in total. The van der Waals surface area contributed by atoms with Gasteiger partial charge in [0.25, 0.3) is 0 Å². The SMILES string of the molecule is CCCCNC(=O)C1N(CCCCO)C(=O)[C@@H]2[C@H](C(=O)Nc3ccc(OCC)cc3)[C@]3(C)CCC12O3. The van der Waals surface area contributed by atoms with Crippen LogP contribution in [0.25, 0.3) is 0 Å². The number of anilines is 1. The lowest BCUT2D eigenvalue weighted by Crippen LogP contribution is -2.55. The van der Waals surface area contributed by atoms with Crippen LogP contribution in [0.15, 0.2) is 24.3 Å². The lowest BCUT2D eigenvalue weighted by atomic mass is 9.66. The van der Waals surface area contributed by atoms with Crippen LogP contribution in [0.4, 0.5) is 5.69 Å². The molecule has 3 N–H and O–H groups in total. The average molecular weight is 502 g/mol. The van der Waals surface area contributed by atoms with Gasteiger partial charge in [0.15, 0.2) is 0 Å². The van der Waals surface area contributed by atoms with Gasteiger partial charge in [0.2, 0.25) is 17.7 Å². The Morgan fingerprint density at radius 1 is 1.14 bits per heavy atom. The van der Waals surface area contributed by atoms with Gasteiger partial charge in [-0.1, -0.05) is 13.3 Å². The molecular formula is C27H39N3O6. The van der Waals surface area contributed by atoms with E-state index in [1.165, 1.54) is 0 Å². The Morgan fingerprint density at radius 2 is 1.89 bits per heavy atom. The van der Waals surface area contributed by atoms with E-state index < -0.39 is 29.1 Å². The van der Waals surface area contributed by atoms with Crippen molar-refractivity contribution in [1.29, 1.82) is 0 Å². The van der Waals surface area contributed by atoms with Crippen molar-refractivity contribution in [2.75, 3.05) is 31.6 Å². The lowest BCUT2D eigenvalue weighted by molar-refractivity contribution is -0.145. The van der Waals surface area contributed by atoms with Crippen molar-refractivity contribution in [1.82, 2.24) is 10.2 Å². The predicted octanol–water partition coefficient (Wildman–Crippen LogP) is 2.48. The van der Waals surface area contributed by atoms with E-state index in [-0.39, 0.29) is 24.3 Å². The summed E-state index contributed by atoms with van der Waals surface area (Å²) < 4.78 is 12.1. The first-order valence-corrected chi connectivity index (χ1v) is 13.2. The number of ether oxygens (including phenoxy) is 2. The summed E-state index contributed by atoms with van der Waals surface area (Å²) in [5.41, 5.74) is -1.24. The summed E-state index contributed by atoms with van der Waals surface area (Å²) in [5.74, 6) is -1.43. The lowest BCUT2D eigenvalue weighted by Gasteiger charge is -2.33. The smallest absolute Gasteiger partial charge is 0.245 e. The Hall–Kier alpha value is -2.65. The quantitative estimate of drug-likeness (QED) is 0.379. The maximum atomic E-state index is 13.8. The summed E-state index contributed by atoms with van der Waals surface area (Å²) in [7, 11) is 0. The molecule has 0 aliphatic carbocycles. The molecule has 1 aromatic carbocycles. The highest BCUT2D eigenvalue weighted by molar-refractivity contribution is 6.02. The van der Waals surface area contributed by atoms with Crippen LogP contribution >= 0.6 is 0 Å². The zero-order valence-corrected chi connectivity index (χ0v) is 21.5. The van der Waals surface area contributed by atoms with Gasteiger partial charge in [-0.25, -0.2) is 0 Å². The highest BCUT2D eigenvalue weighted by atomic mass is 16.5. The molecule has 1 spiro atoms. The van der Waals surface area contributed by atoms with Gasteiger partial charge in [0.1, 0.15) is 17.4 Å². The Balaban J connectivity index is 1.60. The molecule has 3 aliphatic heterocycles. The van der Waals surface area contributed by atoms with Gasteiger partial charge >= 0.3 is 0 Å². The third kappa shape index (κ3) is 4.59. The van der Waals surface area contributed by atoms with E-state index in [1.54, 1.807) is 29.2 Å². The molecule has 198 valence electrons. The second-order valence-corrected chi connectivity index (χ2v) is 10.3.